The van der Waals surface area contributed by atoms with Crippen molar-refractivity contribution in [2.75, 3.05) is 36.9 Å². The van der Waals surface area contributed by atoms with Crippen molar-refractivity contribution in [2.24, 2.45) is 16.3 Å². The van der Waals surface area contributed by atoms with Crippen molar-refractivity contribution in [3.63, 3.8) is 0 Å². The molecule has 4 rings (SSSR count). The molecule has 0 aromatic carbocycles. The lowest BCUT2D eigenvalue weighted by Crippen LogP contribution is -2.74. The van der Waals surface area contributed by atoms with Crippen molar-refractivity contribution in [1.82, 2.24) is 35.4 Å². The van der Waals surface area contributed by atoms with Gasteiger partial charge in [0.2, 0.25) is 11.1 Å². The van der Waals surface area contributed by atoms with Crippen LogP contribution in [0.25, 0.3) is 0 Å². The first-order valence-corrected chi connectivity index (χ1v) is 13.8. The molecule has 6 N–H and O–H groups in total. The zero-order valence-electron chi connectivity index (χ0n) is 19.3. The number of anilines is 1. The molecule has 37 heavy (non-hydrogen) atoms. The van der Waals surface area contributed by atoms with E-state index < -0.39 is 34.6 Å². The molecule has 0 aliphatic carbocycles. The molecule has 18 heteroatoms. The number of β-lactam (4-membered cyclic amide) rings is 1. The lowest BCUT2D eigenvalue weighted by atomic mass is 9.89. The molecule has 2 aliphatic rings. The van der Waals surface area contributed by atoms with E-state index in [1.807, 2.05) is 0 Å². The number of fused-ring (bicyclic) bond motifs is 1. The van der Waals surface area contributed by atoms with Gasteiger partial charge >= 0.3 is 5.97 Å². The fourth-order valence-corrected chi connectivity index (χ4v) is 6.91. The van der Waals surface area contributed by atoms with Crippen LogP contribution in [0.2, 0.25) is 0 Å². The highest BCUT2D eigenvalue weighted by atomic mass is 32.2. The Morgan fingerprint density at radius 2 is 2.30 bits per heavy atom. The molecule has 2 amide bonds. The van der Waals surface area contributed by atoms with Gasteiger partial charge < -0.3 is 31.6 Å². The number of aromatic nitrogens is 5. The van der Waals surface area contributed by atoms with Gasteiger partial charge in [0.1, 0.15) is 29.1 Å². The van der Waals surface area contributed by atoms with Crippen molar-refractivity contribution in [3.05, 3.63) is 23.7 Å². The average Bonchev–Trinajstić information content (AvgIpc) is 3.52. The molecule has 2 aromatic heterocycles. The molecule has 198 valence electrons. The Morgan fingerprint density at radius 3 is 2.97 bits per heavy atom. The lowest BCUT2D eigenvalue weighted by molar-refractivity contribution is -0.157. The van der Waals surface area contributed by atoms with Crippen molar-refractivity contribution < 1.29 is 24.3 Å². The number of hydrogen-bond acceptors (Lipinski definition) is 14. The van der Waals surface area contributed by atoms with Gasteiger partial charge in [-0.1, -0.05) is 23.0 Å². The van der Waals surface area contributed by atoms with Crippen LogP contribution in [0.1, 0.15) is 5.69 Å². The van der Waals surface area contributed by atoms with Crippen LogP contribution < -0.4 is 16.8 Å². The first kappa shape index (κ1) is 26.8. The van der Waals surface area contributed by atoms with E-state index in [1.54, 1.807) is 11.5 Å². The highest BCUT2D eigenvalue weighted by molar-refractivity contribution is 8.00. The van der Waals surface area contributed by atoms with Crippen LogP contribution in [0, 0.1) is 5.41 Å². The van der Waals surface area contributed by atoms with E-state index in [2.05, 4.69) is 37.6 Å². The molecular weight excluding hydrogens is 544 g/mol. The number of oxime groups is 1. The second kappa shape index (κ2) is 11.4. The number of tetrazole rings is 1. The van der Waals surface area contributed by atoms with Gasteiger partial charge in [0.15, 0.2) is 10.8 Å². The van der Waals surface area contributed by atoms with E-state index in [-0.39, 0.29) is 47.7 Å². The fraction of sp³-hybridized carbons (Fsp3) is 0.474. The van der Waals surface area contributed by atoms with Gasteiger partial charge in [0, 0.05) is 30.0 Å². The maximum Gasteiger partial charge on any atom is 0.313 e. The van der Waals surface area contributed by atoms with E-state index in [0.29, 0.717) is 11.7 Å². The monoisotopic (exact) mass is 568 g/mol. The number of thiazole rings is 1. The van der Waals surface area contributed by atoms with E-state index in [4.69, 9.17) is 16.3 Å². The van der Waals surface area contributed by atoms with Gasteiger partial charge in [0.25, 0.3) is 5.91 Å². The summed E-state index contributed by atoms with van der Waals surface area (Å²) < 4.78 is 1.51. The van der Waals surface area contributed by atoms with E-state index in [1.165, 1.54) is 33.1 Å². The molecule has 0 saturated carbocycles. The van der Waals surface area contributed by atoms with Gasteiger partial charge in [0.05, 0.1) is 6.54 Å². The molecule has 3 atom stereocenters. The Bertz CT molecular complexity index is 1220. The molecule has 0 bridgehead atoms. The van der Waals surface area contributed by atoms with Crippen LogP contribution in [0.5, 0.6) is 0 Å². The lowest BCUT2D eigenvalue weighted by Gasteiger charge is -2.53. The van der Waals surface area contributed by atoms with Crippen LogP contribution >= 0.6 is 34.9 Å². The number of carbonyl (C=O) groups is 3. The Hall–Kier alpha value is -3.22. The van der Waals surface area contributed by atoms with Gasteiger partial charge in [-0.05, 0) is 10.4 Å². The zero-order valence-corrected chi connectivity index (χ0v) is 21.8. The molecule has 0 spiro atoms. The number of nitrogens with zero attached hydrogens (tertiary/aromatic N) is 7. The Kier molecular flexibility index (Phi) is 8.30. The molecule has 0 radical (unpaired) electrons. The number of carboxylic acid groups (broad SMARTS) is 1. The number of hydrogen-bond donors (Lipinski definition) is 4. The average molecular weight is 569 g/mol. The van der Waals surface area contributed by atoms with Crippen LogP contribution in [-0.2, 0) is 25.8 Å². The number of nitrogen functional groups attached to an aromatic ring is 1. The Morgan fingerprint density at radius 1 is 1.49 bits per heavy atom. The van der Waals surface area contributed by atoms with E-state index in [0.717, 1.165) is 11.3 Å². The molecule has 2 saturated heterocycles. The van der Waals surface area contributed by atoms with Gasteiger partial charge in [-0.25, -0.2) is 9.67 Å². The van der Waals surface area contributed by atoms with Gasteiger partial charge in [-0.15, -0.1) is 34.8 Å². The summed E-state index contributed by atoms with van der Waals surface area (Å²) in [5.41, 5.74) is 9.94. The van der Waals surface area contributed by atoms with Crippen molar-refractivity contribution >= 4 is 63.5 Å². The summed E-state index contributed by atoms with van der Waals surface area (Å²) in [6.07, 6.45) is 1.63. The smallest absolute Gasteiger partial charge is 0.313 e. The second-order valence-corrected chi connectivity index (χ2v) is 11.0. The molecular formula is C19H24N10O5S3. The maximum absolute atomic E-state index is 13.0. The first-order chi connectivity index (χ1) is 17.8. The minimum Gasteiger partial charge on any atom is -0.481 e. The third kappa shape index (κ3) is 5.55. The largest absolute Gasteiger partial charge is 0.481 e. The number of nitrogens with one attached hydrogen (secondary N) is 1. The first-order valence-electron chi connectivity index (χ1n) is 10.9. The number of carbonyl (C=O) groups excluding carboxylic acids is 2. The number of amides is 2. The third-order valence-corrected chi connectivity index (χ3v) is 9.02. The number of aliphatic carboxylic acids is 1. The van der Waals surface area contributed by atoms with E-state index in [9.17, 15) is 19.5 Å². The number of allylic oxidation sites excluding steroid dienone is 1. The molecule has 2 fully saturated rings. The SMILES string of the molecule is C=CCn1nnnc1SCC1(C(=O)O)CS[C@@H]2C(NC(=O)C(=NOCCN)c3csc(N)n3)C(=O)N2C1. The normalized spacial score (nSPS) is 23.2. The quantitative estimate of drug-likeness (QED) is 0.0594. The fourth-order valence-electron chi connectivity index (χ4n) is 3.62. The summed E-state index contributed by atoms with van der Waals surface area (Å²) in [5, 5.41) is 29.8. The summed E-state index contributed by atoms with van der Waals surface area (Å²) in [6.45, 7) is 4.30. The Balaban J connectivity index is 1.42. The number of carboxylic acids is 1. The number of thioether (sulfide) groups is 2. The summed E-state index contributed by atoms with van der Waals surface area (Å²) in [7, 11) is 0. The van der Waals surface area contributed by atoms with Crippen molar-refractivity contribution in [2.45, 2.75) is 23.1 Å². The predicted octanol–water partition coefficient (Wildman–Crippen LogP) is -1.16. The molecule has 2 unspecified atom stereocenters. The number of rotatable bonds is 12. The molecule has 2 aromatic rings. The highest BCUT2D eigenvalue weighted by Crippen LogP contribution is 2.44. The van der Waals surface area contributed by atoms with Crippen LogP contribution in [0.3, 0.4) is 0 Å². The van der Waals surface area contributed by atoms with Crippen molar-refractivity contribution in [3.8, 4) is 0 Å². The van der Waals surface area contributed by atoms with Crippen molar-refractivity contribution in [1.29, 1.82) is 0 Å². The standard InChI is InChI=1S/C19H24N10O5S3/c1-2-4-29-18(24-26-27-29)37-9-19(16(32)33)7-28-14(31)12(15(28)36-8-19)23-13(30)11(25-34-5-3-20)10-6-35-17(21)22-10/h2,6,12,15H,1,3-5,7-9,20H2,(H2,21,22)(H,23,30)(H,32,33)/t12?,15-,19?/m1/s1. The number of nitrogens with two attached hydrogens (primary N) is 2. The topological polar surface area (TPSA) is 217 Å². The summed E-state index contributed by atoms with van der Waals surface area (Å²) in [5.74, 6) is -1.71. The van der Waals surface area contributed by atoms with Gasteiger partial charge in [-0.2, -0.15) is 0 Å². The van der Waals surface area contributed by atoms with Gasteiger partial charge in [-0.3, -0.25) is 14.4 Å². The van der Waals surface area contributed by atoms with Crippen LogP contribution in [0.15, 0.2) is 28.3 Å². The summed E-state index contributed by atoms with van der Waals surface area (Å²) in [6, 6.07) is -0.854. The highest BCUT2D eigenvalue weighted by Gasteiger charge is 2.57. The third-order valence-electron chi connectivity index (χ3n) is 5.51. The van der Waals surface area contributed by atoms with Crippen LogP contribution in [-0.4, -0.2) is 101 Å². The molecule has 15 nitrogen and oxygen atoms in total. The molecule has 2 aliphatic heterocycles. The predicted molar refractivity (Wildman–Crippen MR) is 137 cm³/mol. The summed E-state index contributed by atoms with van der Waals surface area (Å²) in [4.78, 5) is 48.8. The minimum absolute atomic E-state index is 0.00952. The summed E-state index contributed by atoms with van der Waals surface area (Å²) >= 11 is 3.62. The van der Waals surface area contributed by atoms with E-state index >= 15 is 0 Å². The minimum atomic E-state index is -1.22. The Labute approximate surface area is 223 Å². The zero-order chi connectivity index (χ0) is 26.6. The maximum atomic E-state index is 13.0. The van der Waals surface area contributed by atoms with Crippen LogP contribution in [0.4, 0.5) is 5.13 Å². The molecule has 4 heterocycles. The second-order valence-electron chi connectivity index (χ2n) is 8.06.